The Morgan fingerprint density at radius 2 is 0.843 bits per heavy atom. The molecule has 0 aromatic heterocycles. The molecule has 0 amide bonds. The predicted molar refractivity (Wildman–Crippen MR) is 223 cm³/mol. The largest absolute Gasteiger partial charge is 0.496 e. The fourth-order valence-corrected chi connectivity index (χ4v) is 16.1. The molecule has 51 heavy (non-hydrogen) atoms. The zero-order chi connectivity index (χ0) is 36.1. The van der Waals surface area contributed by atoms with E-state index in [2.05, 4.69) is 123 Å². The van der Waals surface area contributed by atoms with E-state index in [0.717, 1.165) is 11.5 Å². The third kappa shape index (κ3) is 9.89. The van der Waals surface area contributed by atoms with E-state index in [9.17, 15) is 0 Å². The van der Waals surface area contributed by atoms with Crippen LogP contribution in [-0.2, 0) is 17.1 Å². The Bertz CT molecular complexity index is 1570. The van der Waals surface area contributed by atoms with Crippen LogP contribution in [0.2, 0.25) is 0 Å². The number of hydrogen-bond donors (Lipinski definition) is 0. The molecule has 0 saturated heterocycles. The van der Waals surface area contributed by atoms with Crippen LogP contribution >= 0.6 is 15.8 Å². The monoisotopic (exact) mass is 764 g/mol. The molecule has 276 valence electrons. The van der Waals surface area contributed by atoms with Gasteiger partial charge in [-0.25, -0.2) is 0 Å². The summed E-state index contributed by atoms with van der Waals surface area (Å²) in [6, 6.07) is 24.3. The first-order valence-corrected chi connectivity index (χ1v) is 21.8. The van der Waals surface area contributed by atoms with E-state index in [1.807, 2.05) is 0 Å². The van der Waals surface area contributed by atoms with Crippen LogP contribution in [0.5, 0.6) is 11.5 Å². The van der Waals surface area contributed by atoms with Crippen molar-refractivity contribution in [3.63, 3.8) is 0 Å². The maximum absolute atomic E-state index is 5.83. The molecule has 6 rings (SSSR count). The van der Waals surface area contributed by atoms with Crippen LogP contribution in [0.25, 0.3) is 0 Å². The quantitative estimate of drug-likeness (QED) is 0.125. The molecular weight excluding hydrogens is 702 g/mol. The number of methoxy groups -OCH3 is 2. The Balaban J connectivity index is 0.000000894. The average molecular weight is 765 g/mol. The van der Waals surface area contributed by atoms with Gasteiger partial charge in [0.15, 0.2) is 0 Å². The third-order valence-corrected chi connectivity index (χ3v) is 16.7. The van der Waals surface area contributed by atoms with E-state index in [4.69, 9.17) is 9.47 Å². The summed E-state index contributed by atoms with van der Waals surface area (Å²) < 4.78 is 11.7. The molecular formula is C46H62FeO2P2. The van der Waals surface area contributed by atoms with Crippen molar-refractivity contribution in [2.24, 2.45) is 5.92 Å². The molecule has 3 unspecified atom stereocenters. The minimum Gasteiger partial charge on any atom is -0.496 e. The van der Waals surface area contributed by atoms with Crippen molar-refractivity contribution in [1.29, 1.82) is 0 Å². The van der Waals surface area contributed by atoms with Crippen molar-refractivity contribution >= 4 is 37.1 Å². The molecule has 3 atom stereocenters. The second-order valence-electron chi connectivity index (χ2n) is 15.3. The zero-order valence-corrected chi connectivity index (χ0v) is 36.1. The summed E-state index contributed by atoms with van der Waals surface area (Å²) in [7, 11) is 2.43. The molecule has 2 nitrogen and oxygen atoms in total. The van der Waals surface area contributed by atoms with Crippen molar-refractivity contribution in [1.82, 2.24) is 0 Å². The fourth-order valence-electron chi connectivity index (χ4n) is 9.04. The average Bonchev–Trinajstić information content (AvgIpc) is 3.77. The zero-order valence-electron chi connectivity index (χ0n) is 33.2. The van der Waals surface area contributed by atoms with Gasteiger partial charge in [0.2, 0.25) is 0 Å². The number of aryl methyl sites for hydroxylation is 8. The molecule has 0 bridgehead atoms. The molecule has 2 aliphatic rings. The summed E-state index contributed by atoms with van der Waals surface area (Å²) >= 11 is 0. The van der Waals surface area contributed by atoms with Gasteiger partial charge in [-0.3, -0.25) is 0 Å². The number of rotatable bonds is 9. The molecule has 0 N–H and O–H groups in total. The van der Waals surface area contributed by atoms with E-state index in [-0.39, 0.29) is 17.1 Å². The van der Waals surface area contributed by atoms with Crippen molar-refractivity contribution in [2.45, 2.75) is 125 Å². The van der Waals surface area contributed by atoms with Gasteiger partial charge in [-0.15, -0.1) is 0 Å². The molecule has 0 spiro atoms. The molecule has 2 aliphatic carbocycles. The van der Waals surface area contributed by atoms with Crippen molar-refractivity contribution < 1.29 is 26.5 Å². The van der Waals surface area contributed by atoms with E-state index in [1.54, 1.807) is 14.2 Å². The summed E-state index contributed by atoms with van der Waals surface area (Å²) in [6.07, 6.45) is 11.4. The SMILES string of the molecule is C1CCCC1.COc1c(C)cc(P(c2cc(C)c(OC)c(C)c2)C2CCCC2C(C)P(c2cc(C)cc(C)c2)c2cc(C)cc(C)c2)cc1C.[Fe]. The smallest absolute Gasteiger partial charge is 0.124 e. The van der Waals surface area contributed by atoms with E-state index < -0.39 is 15.8 Å². The molecule has 0 aliphatic heterocycles. The number of hydrogen-bond acceptors (Lipinski definition) is 2. The third-order valence-electron chi connectivity index (χ3n) is 11.0. The Morgan fingerprint density at radius 3 is 1.18 bits per heavy atom. The van der Waals surface area contributed by atoms with Crippen LogP contribution in [0.1, 0.15) is 103 Å². The molecule has 0 heterocycles. The minimum atomic E-state index is -0.612. The second kappa shape index (κ2) is 18.8. The van der Waals surface area contributed by atoms with Crippen LogP contribution in [0.4, 0.5) is 0 Å². The van der Waals surface area contributed by atoms with Crippen molar-refractivity contribution in [2.75, 3.05) is 14.2 Å². The van der Waals surface area contributed by atoms with Crippen molar-refractivity contribution in [3.05, 3.63) is 105 Å². The van der Waals surface area contributed by atoms with Gasteiger partial charge >= 0.3 is 0 Å². The van der Waals surface area contributed by atoms with Crippen LogP contribution in [-0.4, -0.2) is 25.5 Å². The van der Waals surface area contributed by atoms with Crippen molar-refractivity contribution in [3.8, 4) is 11.5 Å². The van der Waals surface area contributed by atoms with E-state index >= 15 is 0 Å². The van der Waals surface area contributed by atoms with Gasteiger partial charge in [-0.1, -0.05) is 104 Å². The van der Waals surface area contributed by atoms with Crippen LogP contribution in [0.15, 0.2) is 60.7 Å². The Labute approximate surface area is 323 Å². The summed E-state index contributed by atoms with van der Waals surface area (Å²) in [6.45, 7) is 20.5. The summed E-state index contributed by atoms with van der Waals surface area (Å²) in [5.41, 5.74) is 11.6. The van der Waals surface area contributed by atoms with E-state index in [1.165, 1.54) is 117 Å². The first-order valence-electron chi connectivity index (χ1n) is 19.0. The van der Waals surface area contributed by atoms with Crippen LogP contribution < -0.4 is 30.7 Å². The molecule has 4 aromatic rings. The normalized spacial score (nSPS) is 17.6. The van der Waals surface area contributed by atoms with Gasteiger partial charge in [-0.2, -0.15) is 0 Å². The van der Waals surface area contributed by atoms with Gasteiger partial charge in [0, 0.05) is 17.1 Å². The molecule has 5 heteroatoms. The second-order valence-corrected chi connectivity index (χ2v) is 20.4. The first kappa shape index (κ1) is 41.6. The molecule has 2 fully saturated rings. The molecule has 2 saturated carbocycles. The maximum atomic E-state index is 5.83. The Morgan fingerprint density at radius 1 is 0.490 bits per heavy atom. The van der Waals surface area contributed by atoms with Crippen LogP contribution in [0.3, 0.4) is 0 Å². The summed E-state index contributed by atoms with van der Waals surface area (Å²) in [4.78, 5) is 0. The van der Waals surface area contributed by atoms with E-state index in [0.29, 0.717) is 17.2 Å². The van der Waals surface area contributed by atoms with Gasteiger partial charge in [0.05, 0.1) is 14.2 Å². The van der Waals surface area contributed by atoms with Gasteiger partial charge in [-0.05, 0) is 169 Å². The van der Waals surface area contributed by atoms with Crippen LogP contribution in [0, 0.1) is 61.3 Å². The minimum absolute atomic E-state index is 0. The number of ether oxygens (including phenoxy) is 2. The Kier molecular flexibility index (Phi) is 15.3. The summed E-state index contributed by atoms with van der Waals surface area (Å²) in [5, 5.41) is 6.02. The topological polar surface area (TPSA) is 18.5 Å². The molecule has 4 aromatic carbocycles. The maximum Gasteiger partial charge on any atom is 0.124 e. The first-order chi connectivity index (χ1) is 23.9. The van der Waals surface area contributed by atoms with Gasteiger partial charge in [0.25, 0.3) is 0 Å². The molecule has 0 radical (unpaired) electrons. The predicted octanol–water partition coefficient (Wildman–Crippen LogP) is 11.2. The number of benzene rings is 4. The van der Waals surface area contributed by atoms with Gasteiger partial charge < -0.3 is 9.47 Å². The standard InChI is InChI=1S/C41H52O2P2.C5H10.Fe/c1-25-15-26(2)18-34(17-25)44(35-19-27(3)16-28(4)20-35)33(9)38-13-12-14-39(38)45(36-21-29(5)40(42-10)30(6)22-36)37-23-31(7)41(43-11)32(8)24-37;1-2-4-5-3-1;/h15-24,33,38-39H,12-14H2,1-11H3;1-5H2;. The Hall–Kier alpha value is -2.14. The fraction of sp³-hybridized carbons (Fsp3) is 0.478. The summed E-state index contributed by atoms with van der Waals surface area (Å²) in [5.74, 6) is 2.66. The van der Waals surface area contributed by atoms with Gasteiger partial charge in [0.1, 0.15) is 11.5 Å².